The molecule has 10 heteroatoms. The van der Waals surface area contributed by atoms with Gasteiger partial charge in [0, 0.05) is 12.4 Å². The van der Waals surface area contributed by atoms with Gasteiger partial charge < -0.3 is 25.4 Å². The number of carbonyl (C=O) groups excluding carboxylic acids is 2. The van der Waals surface area contributed by atoms with Crippen molar-refractivity contribution in [1.82, 2.24) is 14.9 Å². The Morgan fingerprint density at radius 2 is 2.17 bits per heavy atom. The fraction of sp³-hybridized carbons (Fsp3) is 0.263. The number of rotatable bonds is 5. The first-order valence-corrected chi connectivity index (χ1v) is 8.87. The van der Waals surface area contributed by atoms with Crippen molar-refractivity contribution in [2.24, 2.45) is 5.92 Å². The number of H-pyrrole nitrogens is 1. The number of aromatic amines is 1. The Balaban J connectivity index is 1.69. The van der Waals surface area contributed by atoms with Gasteiger partial charge in [-0.2, -0.15) is 0 Å². The Morgan fingerprint density at radius 1 is 1.41 bits per heavy atom. The van der Waals surface area contributed by atoms with Crippen LogP contribution in [0.5, 0.6) is 0 Å². The molecule has 1 fully saturated rings. The number of benzene rings is 1. The maximum Gasteiger partial charge on any atom is 0.352 e. The number of aliphatic hydroxyl groups excluding tert-OH is 1. The molecule has 29 heavy (non-hydrogen) atoms. The fourth-order valence-electron chi connectivity index (χ4n) is 3.91. The molecule has 0 aliphatic carbocycles. The van der Waals surface area contributed by atoms with Crippen molar-refractivity contribution in [3.63, 3.8) is 0 Å². The van der Waals surface area contributed by atoms with Crippen molar-refractivity contribution >= 4 is 29.0 Å². The summed E-state index contributed by atoms with van der Waals surface area (Å²) in [6.07, 6.45) is 2.13. The molecule has 3 heterocycles. The second-order valence-corrected chi connectivity index (χ2v) is 6.96. The number of carboxylic acid groups (broad SMARTS) is 1. The minimum atomic E-state index is -1.29. The molecule has 0 unspecified atom stereocenters. The van der Waals surface area contributed by atoms with E-state index in [1.165, 1.54) is 36.4 Å². The van der Waals surface area contributed by atoms with Gasteiger partial charge in [-0.3, -0.25) is 9.59 Å². The molecule has 0 radical (unpaired) electrons. The lowest BCUT2D eigenvalue weighted by Gasteiger charge is -2.44. The standard InChI is InChI=1S/C19H17FN4O5/c1-8(25)14-13-7-10(15(19(28)29)24(13)18(14)27)9-2-3-11(20)12(6-9)23-17(26)16-21-4-5-22-16/h2-6,8,13-14,25H,7H2,1H3,(H,21,22)(H,23,26)(H,28,29)/t8-,13-,14-/m1/s1. The Bertz CT molecular complexity index is 1050. The minimum absolute atomic E-state index is 0.00404. The Morgan fingerprint density at radius 3 is 2.79 bits per heavy atom. The third-order valence-corrected chi connectivity index (χ3v) is 5.21. The average Bonchev–Trinajstić information content (AvgIpc) is 3.29. The number of fused-ring (bicyclic) bond motifs is 1. The van der Waals surface area contributed by atoms with Gasteiger partial charge in [-0.15, -0.1) is 0 Å². The first-order valence-electron chi connectivity index (χ1n) is 8.87. The van der Waals surface area contributed by atoms with E-state index in [9.17, 15) is 29.0 Å². The van der Waals surface area contributed by atoms with Crippen LogP contribution in [-0.4, -0.2) is 55.0 Å². The lowest BCUT2D eigenvalue weighted by molar-refractivity contribution is -0.161. The number of amides is 2. The first-order chi connectivity index (χ1) is 13.8. The van der Waals surface area contributed by atoms with Crippen LogP contribution in [0, 0.1) is 11.7 Å². The predicted molar refractivity (Wildman–Crippen MR) is 97.9 cm³/mol. The van der Waals surface area contributed by atoms with Gasteiger partial charge in [-0.05, 0) is 36.6 Å². The second-order valence-electron chi connectivity index (χ2n) is 6.96. The molecule has 2 aliphatic heterocycles. The molecular formula is C19H17FN4O5. The molecule has 2 amide bonds. The van der Waals surface area contributed by atoms with E-state index in [4.69, 9.17) is 0 Å². The maximum atomic E-state index is 14.2. The summed E-state index contributed by atoms with van der Waals surface area (Å²) in [7, 11) is 0. The number of hydrogen-bond acceptors (Lipinski definition) is 5. The highest BCUT2D eigenvalue weighted by Crippen LogP contribution is 2.47. The van der Waals surface area contributed by atoms with Gasteiger partial charge in [0.1, 0.15) is 11.5 Å². The van der Waals surface area contributed by atoms with Crippen LogP contribution in [0.1, 0.15) is 29.5 Å². The number of aliphatic carboxylic acids is 1. The Labute approximate surface area is 163 Å². The van der Waals surface area contributed by atoms with Crippen molar-refractivity contribution < 1.29 is 29.0 Å². The number of halogens is 1. The van der Waals surface area contributed by atoms with Crippen LogP contribution in [0.4, 0.5) is 10.1 Å². The van der Waals surface area contributed by atoms with Crippen LogP contribution in [-0.2, 0) is 9.59 Å². The van der Waals surface area contributed by atoms with Crippen LogP contribution in [0.15, 0.2) is 36.3 Å². The number of nitrogens with one attached hydrogen (secondary N) is 2. The van der Waals surface area contributed by atoms with E-state index in [2.05, 4.69) is 15.3 Å². The van der Waals surface area contributed by atoms with Gasteiger partial charge >= 0.3 is 5.97 Å². The van der Waals surface area contributed by atoms with Crippen molar-refractivity contribution in [3.8, 4) is 0 Å². The number of anilines is 1. The van der Waals surface area contributed by atoms with E-state index in [1.54, 1.807) is 0 Å². The number of aromatic nitrogens is 2. The molecule has 4 rings (SSSR count). The van der Waals surface area contributed by atoms with Crippen LogP contribution < -0.4 is 5.32 Å². The summed E-state index contributed by atoms with van der Waals surface area (Å²) in [4.78, 5) is 43.8. The monoisotopic (exact) mass is 400 g/mol. The third kappa shape index (κ3) is 2.97. The molecule has 3 atom stereocenters. The van der Waals surface area contributed by atoms with Crippen LogP contribution in [0.3, 0.4) is 0 Å². The van der Waals surface area contributed by atoms with Crippen LogP contribution in [0.2, 0.25) is 0 Å². The largest absolute Gasteiger partial charge is 0.477 e. The second kappa shape index (κ2) is 6.82. The zero-order valence-electron chi connectivity index (χ0n) is 15.2. The molecule has 4 N–H and O–H groups in total. The molecule has 0 saturated carbocycles. The van der Waals surface area contributed by atoms with Gasteiger partial charge in [-0.25, -0.2) is 14.2 Å². The zero-order chi connectivity index (χ0) is 20.9. The van der Waals surface area contributed by atoms with Crippen LogP contribution in [0.25, 0.3) is 5.57 Å². The Kier molecular flexibility index (Phi) is 4.42. The number of nitrogens with zero attached hydrogens (tertiary/aromatic N) is 2. The van der Waals surface area contributed by atoms with E-state index in [0.29, 0.717) is 11.1 Å². The summed E-state index contributed by atoms with van der Waals surface area (Å²) in [5.74, 6) is -3.78. The first kappa shape index (κ1) is 18.8. The highest BCUT2D eigenvalue weighted by Gasteiger charge is 2.56. The number of hydrogen-bond donors (Lipinski definition) is 4. The molecule has 2 aliphatic rings. The molecule has 0 spiro atoms. The highest BCUT2D eigenvalue weighted by atomic mass is 19.1. The maximum absolute atomic E-state index is 14.2. The van der Waals surface area contributed by atoms with Crippen LogP contribution >= 0.6 is 0 Å². The summed E-state index contributed by atoms with van der Waals surface area (Å²) in [5, 5.41) is 21.9. The summed E-state index contributed by atoms with van der Waals surface area (Å²) in [5.41, 5.74) is 0.373. The Hall–Kier alpha value is -3.53. The number of aliphatic hydroxyl groups is 1. The zero-order valence-corrected chi connectivity index (χ0v) is 15.2. The molecule has 150 valence electrons. The molecule has 9 nitrogen and oxygen atoms in total. The third-order valence-electron chi connectivity index (χ3n) is 5.21. The summed E-state index contributed by atoms with van der Waals surface area (Å²) in [6.45, 7) is 1.48. The smallest absolute Gasteiger partial charge is 0.352 e. The van der Waals surface area contributed by atoms with Crippen molar-refractivity contribution in [2.75, 3.05) is 5.32 Å². The van der Waals surface area contributed by atoms with Gasteiger partial charge in [0.15, 0.2) is 5.82 Å². The topological polar surface area (TPSA) is 136 Å². The van der Waals surface area contributed by atoms with E-state index >= 15 is 0 Å². The molecule has 1 saturated heterocycles. The van der Waals surface area contributed by atoms with E-state index in [-0.39, 0.29) is 23.6 Å². The minimum Gasteiger partial charge on any atom is -0.477 e. The summed E-state index contributed by atoms with van der Waals surface area (Å²) in [6, 6.07) is 3.37. The lowest BCUT2D eigenvalue weighted by Crippen LogP contribution is -2.61. The van der Waals surface area contributed by atoms with E-state index in [0.717, 1.165) is 6.07 Å². The average molecular weight is 400 g/mol. The van der Waals surface area contributed by atoms with Crippen molar-refractivity contribution in [1.29, 1.82) is 0 Å². The number of carbonyl (C=O) groups is 3. The molecule has 2 aromatic rings. The molecule has 1 aromatic heterocycles. The fourth-order valence-corrected chi connectivity index (χ4v) is 3.91. The molecule has 0 bridgehead atoms. The van der Waals surface area contributed by atoms with Crippen molar-refractivity contribution in [3.05, 3.63) is 53.5 Å². The summed E-state index contributed by atoms with van der Waals surface area (Å²) >= 11 is 0. The normalized spacial score (nSPS) is 21.6. The van der Waals surface area contributed by atoms with Gasteiger partial charge in [-0.1, -0.05) is 6.07 Å². The van der Waals surface area contributed by atoms with Gasteiger partial charge in [0.05, 0.1) is 23.8 Å². The number of carboxylic acids is 1. The van der Waals surface area contributed by atoms with E-state index in [1.807, 2.05) is 0 Å². The number of β-lactam (4-membered cyclic amide) rings is 1. The lowest BCUT2D eigenvalue weighted by atomic mass is 9.82. The molecule has 1 aromatic carbocycles. The number of imidazole rings is 1. The van der Waals surface area contributed by atoms with Gasteiger partial charge in [0.25, 0.3) is 5.91 Å². The van der Waals surface area contributed by atoms with Crippen molar-refractivity contribution in [2.45, 2.75) is 25.5 Å². The van der Waals surface area contributed by atoms with Gasteiger partial charge in [0.2, 0.25) is 5.91 Å². The van der Waals surface area contributed by atoms with E-state index < -0.39 is 41.7 Å². The SMILES string of the molecule is C[C@@H](O)[C@H]1C(=O)N2C(C(=O)O)=C(c3ccc(F)c(NC(=O)c4ncc[nH]4)c3)C[C@H]12. The molecular weight excluding hydrogens is 383 g/mol. The quantitative estimate of drug-likeness (QED) is 0.557. The predicted octanol–water partition coefficient (Wildman–Crippen LogP) is 1.21. The summed E-state index contributed by atoms with van der Waals surface area (Å²) < 4.78 is 14.2. The highest BCUT2D eigenvalue weighted by molar-refractivity contribution is 6.06.